The van der Waals surface area contributed by atoms with E-state index < -0.39 is 17.6 Å². The van der Waals surface area contributed by atoms with Crippen molar-refractivity contribution in [2.75, 3.05) is 45.9 Å². The van der Waals surface area contributed by atoms with Crippen LogP contribution >= 0.6 is 0 Å². The van der Waals surface area contributed by atoms with Crippen molar-refractivity contribution in [3.63, 3.8) is 0 Å². The lowest BCUT2D eigenvalue weighted by molar-refractivity contribution is -0.142. The van der Waals surface area contributed by atoms with E-state index in [1.54, 1.807) is 14.7 Å². The van der Waals surface area contributed by atoms with Crippen LogP contribution in [0.3, 0.4) is 0 Å². The zero-order valence-electron chi connectivity index (χ0n) is 21.7. The molecule has 10 nitrogen and oxygen atoms in total. The van der Waals surface area contributed by atoms with E-state index >= 15 is 0 Å². The van der Waals surface area contributed by atoms with Crippen molar-refractivity contribution >= 4 is 28.9 Å². The van der Waals surface area contributed by atoms with Crippen molar-refractivity contribution in [3.8, 4) is 0 Å². The van der Waals surface area contributed by atoms with E-state index in [2.05, 4.69) is 9.97 Å². The monoisotopic (exact) mass is 499 g/mol. The Labute approximate surface area is 211 Å². The number of carbonyl (C=O) groups is 3. The van der Waals surface area contributed by atoms with Crippen LogP contribution in [0.2, 0.25) is 0 Å². The molecule has 1 aromatic carbocycles. The quantitative estimate of drug-likeness (QED) is 0.678. The molecular formula is C26H37N5O5. The Kier molecular flexibility index (Phi) is 7.82. The van der Waals surface area contributed by atoms with E-state index in [9.17, 15) is 14.4 Å². The second-order valence-electron chi connectivity index (χ2n) is 10.5. The predicted octanol–water partition coefficient (Wildman–Crippen LogP) is 2.90. The van der Waals surface area contributed by atoms with Crippen LogP contribution in [-0.4, -0.2) is 100 Å². The van der Waals surface area contributed by atoms with Crippen molar-refractivity contribution in [3.05, 3.63) is 30.1 Å². The number of nitrogens with zero attached hydrogens (tertiary/aromatic N) is 4. The molecular weight excluding hydrogens is 462 g/mol. The molecule has 2 saturated heterocycles. The fourth-order valence-electron chi connectivity index (χ4n) is 4.88. The van der Waals surface area contributed by atoms with Gasteiger partial charge in [-0.3, -0.25) is 9.59 Å². The smallest absolute Gasteiger partial charge is 0.410 e. The molecule has 1 aromatic heterocycles. The lowest BCUT2D eigenvalue weighted by Crippen LogP contribution is -2.58. The maximum atomic E-state index is 13.7. The number of morpholine rings is 1. The minimum absolute atomic E-state index is 0.0100. The number of imidazole rings is 1. The molecule has 2 aliphatic heterocycles. The third kappa shape index (κ3) is 5.98. The number of benzene rings is 1. The van der Waals surface area contributed by atoms with Crippen LogP contribution in [0.1, 0.15) is 51.2 Å². The summed E-state index contributed by atoms with van der Waals surface area (Å²) in [4.78, 5) is 53.0. The highest BCUT2D eigenvalue weighted by Crippen LogP contribution is 2.27. The number of para-hydroxylation sites is 2. The minimum Gasteiger partial charge on any atom is -0.444 e. The van der Waals surface area contributed by atoms with Crippen LogP contribution in [0, 0.1) is 5.92 Å². The van der Waals surface area contributed by atoms with Gasteiger partial charge in [-0.2, -0.15) is 0 Å². The number of amides is 3. The standard InChI is InChI=1S/C26H37N5O5/c1-5-10-31(24(33)22-27-20-8-6-7-9-21(20)28-22)19-15-18(23(32)29-11-13-35-14-12-29)16-30(17-19)25(34)36-26(2,3)4/h6-9,18-19H,5,10-17H2,1-4H3,(H,27,28)/t18-,19?/m1/s1. The lowest BCUT2D eigenvalue weighted by atomic mass is 9.91. The number of fused-ring (bicyclic) bond motifs is 1. The second-order valence-corrected chi connectivity index (χ2v) is 10.5. The van der Waals surface area contributed by atoms with Gasteiger partial charge in [0.2, 0.25) is 5.91 Å². The van der Waals surface area contributed by atoms with Crippen molar-refractivity contribution in [2.24, 2.45) is 5.92 Å². The highest BCUT2D eigenvalue weighted by Gasteiger charge is 2.41. The third-order valence-electron chi connectivity index (χ3n) is 6.51. The SMILES string of the molecule is CCCN(C(=O)c1nc2ccccc2[nH]1)C1C[C@@H](C(=O)N2CCOCC2)CN(C(=O)OC(C)(C)C)C1. The highest BCUT2D eigenvalue weighted by molar-refractivity contribution is 5.94. The van der Waals surface area contributed by atoms with Crippen LogP contribution in [0.5, 0.6) is 0 Å². The number of nitrogens with one attached hydrogen (secondary N) is 1. The van der Waals surface area contributed by atoms with Crippen LogP contribution in [0.25, 0.3) is 11.0 Å². The first-order chi connectivity index (χ1) is 17.2. The molecule has 3 heterocycles. The van der Waals surface area contributed by atoms with E-state index in [1.165, 1.54) is 0 Å². The van der Waals surface area contributed by atoms with E-state index in [0.29, 0.717) is 45.8 Å². The summed E-state index contributed by atoms with van der Waals surface area (Å²) in [5, 5.41) is 0. The van der Waals surface area contributed by atoms with Crippen molar-refractivity contribution < 1.29 is 23.9 Å². The lowest BCUT2D eigenvalue weighted by Gasteiger charge is -2.43. The Morgan fingerprint density at radius 2 is 1.86 bits per heavy atom. The van der Waals surface area contributed by atoms with Crippen LogP contribution < -0.4 is 0 Å². The number of H-pyrrole nitrogens is 1. The van der Waals surface area contributed by atoms with E-state index in [1.807, 2.05) is 52.0 Å². The van der Waals surface area contributed by atoms with Gasteiger partial charge in [-0.15, -0.1) is 0 Å². The number of rotatable bonds is 5. The van der Waals surface area contributed by atoms with Gasteiger partial charge in [-0.05, 0) is 45.7 Å². The van der Waals surface area contributed by atoms with Gasteiger partial charge < -0.3 is 29.2 Å². The highest BCUT2D eigenvalue weighted by atomic mass is 16.6. The number of hydrogen-bond donors (Lipinski definition) is 1. The van der Waals surface area contributed by atoms with Crippen LogP contribution in [0.4, 0.5) is 4.79 Å². The third-order valence-corrected chi connectivity index (χ3v) is 6.51. The molecule has 2 aromatic rings. The van der Waals surface area contributed by atoms with Crippen LogP contribution in [-0.2, 0) is 14.3 Å². The summed E-state index contributed by atoms with van der Waals surface area (Å²) in [5.41, 5.74) is 0.842. The predicted molar refractivity (Wildman–Crippen MR) is 135 cm³/mol. The second kappa shape index (κ2) is 10.9. The number of ether oxygens (including phenoxy) is 2. The Morgan fingerprint density at radius 3 is 2.53 bits per heavy atom. The molecule has 3 amide bonds. The normalized spacial score (nSPS) is 20.9. The summed E-state index contributed by atoms with van der Waals surface area (Å²) in [6.07, 6.45) is 0.734. The Morgan fingerprint density at radius 1 is 1.14 bits per heavy atom. The summed E-state index contributed by atoms with van der Waals surface area (Å²) in [7, 11) is 0. The zero-order chi connectivity index (χ0) is 25.9. The largest absolute Gasteiger partial charge is 0.444 e. The topological polar surface area (TPSA) is 108 Å². The van der Waals surface area contributed by atoms with E-state index in [-0.39, 0.29) is 30.2 Å². The molecule has 2 atom stereocenters. The average Bonchev–Trinajstić information content (AvgIpc) is 3.30. The van der Waals surface area contributed by atoms with Gasteiger partial charge in [-0.1, -0.05) is 19.1 Å². The molecule has 4 rings (SSSR count). The number of piperidine rings is 1. The van der Waals surface area contributed by atoms with E-state index in [0.717, 1.165) is 17.5 Å². The summed E-state index contributed by atoms with van der Waals surface area (Å²) < 4.78 is 11.1. The number of aromatic nitrogens is 2. The van der Waals surface area contributed by atoms with Gasteiger partial charge in [-0.25, -0.2) is 9.78 Å². The molecule has 0 aliphatic carbocycles. The maximum absolute atomic E-state index is 13.7. The van der Waals surface area contributed by atoms with Gasteiger partial charge in [0.25, 0.3) is 5.91 Å². The number of carbonyl (C=O) groups excluding carboxylic acids is 3. The van der Waals surface area contributed by atoms with Gasteiger partial charge in [0.15, 0.2) is 5.82 Å². The summed E-state index contributed by atoms with van der Waals surface area (Å²) in [6, 6.07) is 7.16. The Hall–Kier alpha value is -3.14. The Balaban J connectivity index is 1.60. The van der Waals surface area contributed by atoms with Crippen molar-refractivity contribution in [1.29, 1.82) is 0 Å². The van der Waals surface area contributed by atoms with Gasteiger partial charge >= 0.3 is 6.09 Å². The van der Waals surface area contributed by atoms with Gasteiger partial charge in [0.1, 0.15) is 5.60 Å². The van der Waals surface area contributed by atoms with Crippen LogP contribution in [0.15, 0.2) is 24.3 Å². The summed E-state index contributed by atoms with van der Waals surface area (Å²) in [5.74, 6) is -0.418. The minimum atomic E-state index is -0.666. The molecule has 1 unspecified atom stereocenters. The molecule has 2 fully saturated rings. The Bertz CT molecular complexity index is 1050. The number of likely N-dealkylation sites (tertiary alicyclic amines) is 1. The molecule has 36 heavy (non-hydrogen) atoms. The van der Waals surface area contributed by atoms with E-state index in [4.69, 9.17) is 9.47 Å². The summed E-state index contributed by atoms with van der Waals surface area (Å²) >= 11 is 0. The maximum Gasteiger partial charge on any atom is 0.410 e. The van der Waals surface area contributed by atoms with Gasteiger partial charge in [0, 0.05) is 32.7 Å². The fraction of sp³-hybridized carbons (Fsp3) is 0.615. The molecule has 0 bridgehead atoms. The van der Waals surface area contributed by atoms with Crippen molar-refractivity contribution in [1.82, 2.24) is 24.7 Å². The number of hydrogen-bond acceptors (Lipinski definition) is 6. The zero-order valence-corrected chi connectivity index (χ0v) is 21.7. The first-order valence-corrected chi connectivity index (χ1v) is 12.8. The first kappa shape index (κ1) is 25.9. The molecule has 0 saturated carbocycles. The average molecular weight is 500 g/mol. The molecule has 1 N–H and O–H groups in total. The van der Waals surface area contributed by atoms with Gasteiger partial charge in [0.05, 0.1) is 36.2 Å². The molecule has 0 radical (unpaired) electrons. The number of aromatic amines is 1. The van der Waals surface area contributed by atoms with Crippen molar-refractivity contribution in [2.45, 2.75) is 52.2 Å². The first-order valence-electron chi connectivity index (χ1n) is 12.8. The molecule has 0 spiro atoms. The summed E-state index contributed by atoms with van der Waals surface area (Å²) in [6.45, 7) is 10.6. The molecule has 196 valence electrons. The molecule has 10 heteroatoms. The fourth-order valence-corrected chi connectivity index (χ4v) is 4.88. The molecule has 2 aliphatic rings.